The van der Waals surface area contributed by atoms with Crippen LogP contribution >= 0.6 is 12.4 Å². The highest BCUT2D eigenvalue weighted by Gasteiger charge is 2.43. The minimum absolute atomic E-state index is 0. The number of likely N-dealkylation sites (tertiary alicyclic amines) is 1. The molecule has 0 amide bonds. The van der Waals surface area contributed by atoms with Crippen molar-refractivity contribution in [3.05, 3.63) is 35.9 Å². The normalized spacial score (nSPS) is 20.7. The van der Waals surface area contributed by atoms with Crippen LogP contribution in [0.25, 0.3) is 0 Å². The van der Waals surface area contributed by atoms with Gasteiger partial charge in [0.15, 0.2) is 0 Å². The Balaban J connectivity index is 0.00000128. The molecule has 1 aliphatic heterocycles. The fourth-order valence-corrected chi connectivity index (χ4v) is 1.82. The van der Waals surface area contributed by atoms with Gasteiger partial charge in [0.1, 0.15) is 0 Å². The second-order valence-corrected chi connectivity index (χ2v) is 4.04. The van der Waals surface area contributed by atoms with Crippen LogP contribution < -0.4 is 5.73 Å². The van der Waals surface area contributed by atoms with Gasteiger partial charge in [-0.3, -0.25) is 4.90 Å². The van der Waals surface area contributed by atoms with Crippen LogP contribution in [0.2, 0.25) is 0 Å². The molecule has 1 aromatic rings. The quantitative estimate of drug-likeness (QED) is 0.887. The molecule has 5 heteroatoms. The number of hydrogen-bond donors (Lipinski definition) is 1. The monoisotopic (exact) mass is 248 g/mol. The van der Waals surface area contributed by atoms with E-state index < -0.39 is 5.92 Å². The van der Waals surface area contributed by atoms with Gasteiger partial charge in [-0.2, -0.15) is 0 Å². The minimum Gasteiger partial charge on any atom is -0.323 e. The predicted octanol–water partition coefficient (Wildman–Crippen LogP) is 2.06. The summed E-state index contributed by atoms with van der Waals surface area (Å²) in [7, 11) is 0. The molecular weight excluding hydrogens is 234 g/mol. The molecule has 0 aromatic heterocycles. The Morgan fingerprint density at radius 3 is 2.31 bits per heavy atom. The summed E-state index contributed by atoms with van der Waals surface area (Å²) in [5.41, 5.74) is 6.90. The maximum Gasteiger partial charge on any atom is 0.272 e. The van der Waals surface area contributed by atoms with Crippen molar-refractivity contribution in [2.75, 3.05) is 19.6 Å². The van der Waals surface area contributed by atoms with Gasteiger partial charge in [0.2, 0.25) is 0 Å². The van der Waals surface area contributed by atoms with Gasteiger partial charge in [0.05, 0.1) is 13.1 Å². The van der Waals surface area contributed by atoms with Crippen molar-refractivity contribution >= 4 is 12.4 Å². The van der Waals surface area contributed by atoms with Gasteiger partial charge < -0.3 is 5.73 Å². The van der Waals surface area contributed by atoms with Crippen molar-refractivity contribution < 1.29 is 8.78 Å². The molecule has 1 fully saturated rings. The predicted molar refractivity (Wildman–Crippen MR) is 62.0 cm³/mol. The van der Waals surface area contributed by atoms with Gasteiger partial charge in [-0.25, -0.2) is 8.78 Å². The highest BCUT2D eigenvalue weighted by Crippen LogP contribution is 2.27. The van der Waals surface area contributed by atoms with Crippen LogP contribution in [-0.2, 0) is 0 Å². The maximum atomic E-state index is 12.6. The van der Waals surface area contributed by atoms with Crippen LogP contribution in [0.5, 0.6) is 0 Å². The summed E-state index contributed by atoms with van der Waals surface area (Å²) >= 11 is 0. The summed E-state index contributed by atoms with van der Waals surface area (Å²) in [5.74, 6) is -2.50. The van der Waals surface area contributed by atoms with Crippen molar-refractivity contribution in [2.45, 2.75) is 12.0 Å². The summed E-state index contributed by atoms with van der Waals surface area (Å²) in [6.07, 6.45) is 0. The molecule has 0 saturated carbocycles. The van der Waals surface area contributed by atoms with E-state index in [1.54, 1.807) is 4.90 Å². The van der Waals surface area contributed by atoms with E-state index >= 15 is 0 Å². The lowest BCUT2D eigenvalue weighted by molar-refractivity contribution is -0.131. The first kappa shape index (κ1) is 13.4. The van der Waals surface area contributed by atoms with Crippen molar-refractivity contribution in [3.8, 4) is 0 Å². The number of nitrogens with zero attached hydrogens (tertiary/aromatic N) is 1. The molecule has 0 spiro atoms. The first-order valence-corrected chi connectivity index (χ1v) is 4.97. The molecule has 1 aliphatic rings. The van der Waals surface area contributed by atoms with E-state index in [0.717, 1.165) is 5.56 Å². The van der Waals surface area contributed by atoms with E-state index in [1.165, 1.54) is 0 Å². The van der Waals surface area contributed by atoms with Gasteiger partial charge in [-0.15, -0.1) is 12.4 Å². The number of benzene rings is 1. The molecule has 0 bridgehead atoms. The number of rotatable bonds is 3. The lowest BCUT2D eigenvalue weighted by Gasteiger charge is -2.40. The van der Waals surface area contributed by atoms with Crippen LogP contribution in [0, 0.1) is 0 Å². The van der Waals surface area contributed by atoms with E-state index in [4.69, 9.17) is 5.73 Å². The third-order valence-electron chi connectivity index (χ3n) is 2.59. The van der Waals surface area contributed by atoms with Crippen molar-refractivity contribution in [1.29, 1.82) is 0 Å². The van der Waals surface area contributed by atoms with Gasteiger partial charge in [-0.05, 0) is 5.56 Å². The SMILES string of the molecule is Cl.NC(CN1CC(F)(F)C1)c1ccccc1. The first-order chi connectivity index (χ1) is 7.07. The molecule has 1 saturated heterocycles. The maximum absolute atomic E-state index is 12.6. The van der Waals surface area contributed by atoms with E-state index in [2.05, 4.69) is 0 Å². The Morgan fingerprint density at radius 1 is 1.25 bits per heavy atom. The van der Waals surface area contributed by atoms with Gasteiger partial charge in [-0.1, -0.05) is 30.3 Å². The van der Waals surface area contributed by atoms with E-state index in [-0.39, 0.29) is 31.5 Å². The molecule has 2 rings (SSSR count). The summed E-state index contributed by atoms with van der Waals surface area (Å²) in [6, 6.07) is 9.38. The van der Waals surface area contributed by atoms with Gasteiger partial charge in [0, 0.05) is 12.6 Å². The number of alkyl halides is 2. The van der Waals surface area contributed by atoms with E-state index in [9.17, 15) is 8.78 Å². The summed E-state index contributed by atoms with van der Waals surface area (Å²) in [6.45, 7) is 0.181. The molecule has 1 heterocycles. The molecular formula is C11H15ClF2N2. The minimum atomic E-state index is -2.50. The molecule has 1 unspecified atom stereocenters. The van der Waals surface area contributed by atoms with Crippen LogP contribution in [0.15, 0.2) is 30.3 Å². The van der Waals surface area contributed by atoms with Crippen LogP contribution in [0.3, 0.4) is 0 Å². The summed E-state index contributed by atoms with van der Waals surface area (Å²) in [5, 5.41) is 0. The highest BCUT2D eigenvalue weighted by atomic mass is 35.5. The van der Waals surface area contributed by atoms with Gasteiger partial charge in [0.25, 0.3) is 5.92 Å². The lowest BCUT2D eigenvalue weighted by Crippen LogP contribution is -2.57. The molecule has 2 N–H and O–H groups in total. The fourth-order valence-electron chi connectivity index (χ4n) is 1.82. The molecule has 1 aromatic carbocycles. The second kappa shape index (κ2) is 5.08. The number of halogens is 3. The Hall–Kier alpha value is -0.710. The summed E-state index contributed by atoms with van der Waals surface area (Å²) in [4.78, 5) is 1.68. The zero-order valence-corrected chi connectivity index (χ0v) is 9.59. The molecule has 1 atom stereocenters. The number of nitrogens with two attached hydrogens (primary N) is 1. The Labute approximate surface area is 99.8 Å². The Kier molecular flexibility index (Phi) is 4.24. The first-order valence-electron chi connectivity index (χ1n) is 4.97. The molecule has 16 heavy (non-hydrogen) atoms. The molecule has 2 nitrogen and oxygen atoms in total. The third-order valence-corrected chi connectivity index (χ3v) is 2.59. The lowest BCUT2D eigenvalue weighted by atomic mass is 10.0. The Bertz CT molecular complexity index is 324. The van der Waals surface area contributed by atoms with Crippen LogP contribution in [0.4, 0.5) is 8.78 Å². The summed E-state index contributed by atoms with van der Waals surface area (Å²) < 4.78 is 25.1. The van der Waals surface area contributed by atoms with E-state index in [1.807, 2.05) is 30.3 Å². The zero-order chi connectivity index (χ0) is 10.9. The highest BCUT2D eigenvalue weighted by molar-refractivity contribution is 5.85. The molecule has 0 radical (unpaired) electrons. The zero-order valence-electron chi connectivity index (χ0n) is 8.77. The molecule has 90 valence electrons. The topological polar surface area (TPSA) is 29.3 Å². The van der Waals surface area contributed by atoms with Gasteiger partial charge >= 0.3 is 0 Å². The van der Waals surface area contributed by atoms with Crippen LogP contribution in [0.1, 0.15) is 11.6 Å². The van der Waals surface area contributed by atoms with Crippen LogP contribution in [-0.4, -0.2) is 30.5 Å². The average Bonchev–Trinajstić information content (AvgIpc) is 2.16. The van der Waals surface area contributed by atoms with Crippen molar-refractivity contribution in [1.82, 2.24) is 4.90 Å². The largest absolute Gasteiger partial charge is 0.323 e. The second-order valence-electron chi connectivity index (χ2n) is 4.04. The fraction of sp³-hybridized carbons (Fsp3) is 0.455. The Morgan fingerprint density at radius 2 is 1.81 bits per heavy atom. The van der Waals surface area contributed by atoms with E-state index in [0.29, 0.717) is 6.54 Å². The smallest absolute Gasteiger partial charge is 0.272 e. The third kappa shape index (κ3) is 3.14. The number of hydrogen-bond acceptors (Lipinski definition) is 2. The average molecular weight is 249 g/mol. The van der Waals surface area contributed by atoms with Crippen molar-refractivity contribution in [3.63, 3.8) is 0 Å². The molecule has 0 aliphatic carbocycles. The standard InChI is InChI=1S/C11H14F2N2.ClH/c12-11(13)7-15(8-11)6-10(14)9-4-2-1-3-5-9;/h1-5,10H,6-8,14H2;1H. The van der Waals surface area contributed by atoms with Crippen molar-refractivity contribution in [2.24, 2.45) is 5.73 Å².